The van der Waals surface area contributed by atoms with Crippen molar-refractivity contribution >= 4 is 11.9 Å². The molecule has 3 rings (SSSR count). The first-order chi connectivity index (χ1) is 13.6. The van der Waals surface area contributed by atoms with Crippen LogP contribution in [0.2, 0.25) is 0 Å². The molecule has 0 radical (unpaired) electrons. The van der Waals surface area contributed by atoms with E-state index < -0.39 is 36.5 Å². The molecule has 0 bridgehead atoms. The highest BCUT2D eigenvalue weighted by molar-refractivity contribution is 5.90. The van der Waals surface area contributed by atoms with Gasteiger partial charge in [0.15, 0.2) is 18.5 Å². The summed E-state index contributed by atoms with van der Waals surface area (Å²) in [5.41, 5.74) is 9.09. The molecular formula is C19H16FN3O5. The number of esters is 2. The van der Waals surface area contributed by atoms with E-state index in [-0.39, 0.29) is 12.2 Å². The first kappa shape index (κ1) is 19.3. The van der Waals surface area contributed by atoms with Crippen LogP contribution >= 0.6 is 0 Å². The second kappa shape index (κ2) is 8.98. The molecule has 0 N–H and O–H groups in total. The highest BCUT2D eigenvalue weighted by Gasteiger charge is 2.48. The fraction of sp³-hybridized carbons (Fsp3) is 0.263. The van der Waals surface area contributed by atoms with Gasteiger partial charge in [0.05, 0.1) is 11.1 Å². The van der Waals surface area contributed by atoms with Crippen LogP contribution in [0, 0.1) is 0 Å². The number of benzene rings is 2. The lowest BCUT2D eigenvalue weighted by Crippen LogP contribution is -2.37. The van der Waals surface area contributed by atoms with E-state index in [0.717, 1.165) is 0 Å². The third-order valence-electron chi connectivity index (χ3n) is 4.07. The van der Waals surface area contributed by atoms with Gasteiger partial charge < -0.3 is 14.2 Å². The molecule has 144 valence electrons. The molecule has 4 atom stereocenters. The molecule has 0 amide bonds. The Bertz CT molecular complexity index is 874. The number of alkyl halides is 1. The van der Waals surface area contributed by atoms with Crippen LogP contribution in [-0.2, 0) is 14.2 Å². The number of carbonyl (C=O) groups is 2. The van der Waals surface area contributed by atoms with Crippen LogP contribution in [0.4, 0.5) is 4.39 Å². The minimum atomic E-state index is -1.90. The number of rotatable bonds is 6. The SMILES string of the molecule is [N-]=[N+]=N[C@H]1O[C@H](COC(=O)c2ccccc2)[C@@H](OC(=O)c2ccccc2)[C@H]1F. The molecule has 1 saturated heterocycles. The predicted octanol–water partition coefficient (Wildman–Crippen LogP) is 3.44. The van der Waals surface area contributed by atoms with Gasteiger partial charge in [-0.3, -0.25) is 0 Å². The van der Waals surface area contributed by atoms with Crippen molar-refractivity contribution in [3.8, 4) is 0 Å². The Balaban J connectivity index is 1.70. The molecule has 1 heterocycles. The van der Waals surface area contributed by atoms with Crippen molar-refractivity contribution in [1.82, 2.24) is 0 Å². The van der Waals surface area contributed by atoms with Gasteiger partial charge in [-0.25, -0.2) is 14.0 Å². The number of azide groups is 1. The molecular weight excluding hydrogens is 369 g/mol. The molecule has 0 spiro atoms. The minimum Gasteiger partial charge on any atom is -0.459 e. The molecule has 1 fully saturated rings. The summed E-state index contributed by atoms with van der Waals surface area (Å²) in [5, 5.41) is 3.22. The summed E-state index contributed by atoms with van der Waals surface area (Å²) in [6.45, 7) is -0.377. The molecule has 1 aliphatic heterocycles. The highest BCUT2D eigenvalue weighted by atomic mass is 19.1. The predicted molar refractivity (Wildman–Crippen MR) is 95.1 cm³/mol. The summed E-state index contributed by atoms with van der Waals surface area (Å²) in [6.07, 6.45) is -5.90. The van der Waals surface area contributed by atoms with Crippen LogP contribution in [0.3, 0.4) is 0 Å². The quantitative estimate of drug-likeness (QED) is 0.327. The van der Waals surface area contributed by atoms with E-state index in [0.29, 0.717) is 5.56 Å². The minimum absolute atomic E-state index is 0.224. The van der Waals surface area contributed by atoms with Gasteiger partial charge in [0.2, 0.25) is 0 Å². The van der Waals surface area contributed by atoms with Crippen molar-refractivity contribution in [3.63, 3.8) is 0 Å². The summed E-state index contributed by atoms with van der Waals surface area (Å²) in [5.74, 6) is -1.40. The lowest BCUT2D eigenvalue weighted by atomic mass is 10.1. The molecule has 0 aliphatic carbocycles. The zero-order valence-corrected chi connectivity index (χ0v) is 14.6. The summed E-state index contributed by atoms with van der Waals surface area (Å²) in [7, 11) is 0. The Hall–Kier alpha value is -3.42. The maximum absolute atomic E-state index is 14.6. The van der Waals surface area contributed by atoms with E-state index in [1.807, 2.05) is 0 Å². The third kappa shape index (κ3) is 4.46. The van der Waals surface area contributed by atoms with Crippen molar-refractivity contribution in [3.05, 3.63) is 82.2 Å². The first-order valence-electron chi connectivity index (χ1n) is 8.42. The molecule has 28 heavy (non-hydrogen) atoms. The second-order valence-corrected chi connectivity index (χ2v) is 5.91. The largest absolute Gasteiger partial charge is 0.459 e. The maximum atomic E-state index is 14.6. The lowest BCUT2D eigenvalue weighted by Gasteiger charge is -2.20. The Morgan fingerprint density at radius 3 is 2.18 bits per heavy atom. The Morgan fingerprint density at radius 2 is 1.61 bits per heavy atom. The molecule has 0 unspecified atom stereocenters. The van der Waals surface area contributed by atoms with Gasteiger partial charge in [0.25, 0.3) is 0 Å². The van der Waals surface area contributed by atoms with Crippen LogP contribution in [-0.4, -0.2) is 43.2 Å². The Kier molecular flexibility index (Phi) is 6.21. The zero-order valence-electron chi connectivity index (χ0n) is 14.6. The zero-order chi connectivity index (χ0) is 19.9. The van der Waals surface area contributed by atoms with Crippen LogP contribution in [0.25, 0.3) is 10.4 Å². The number of ether oxygens (including phenoxy) is 3. The molecule has 2 aromatic rings. The second-order valence-electron chi connectivity index (χ2n) is 5.91. The van der Waals surface area contributed by atoms with Crippen molar-refractivity contribution in [2.24, 2.45) is 5.11 Å². The van der Waals surface area contributed by atoms with E-state index in [1.54, 1.807) is 48.5 Å². The van der Waals surface area contributed by atoms with Gasteiger partial charge >= 0.3 is 11.9 Å². The Labute approximate surface area is 159 Å². The standard InChI is InChI=1S/C19H16FN3O5/c20-15-16(28-19(25)13-9-5-2-6-10-13)14(27-17(15)22-23-21)11-26-18(24)12-7-3-1-4-8-12/h1-10,14-17H,11H2/t14-,15-,16-,17+/m1/s1. The maximum Gasteiger partial charge on any atom is 0.338 e. The molecule has 2 aromatic carbocycles. The topological polar surface area (TPSA) is 111 Å². The number of halogens is 1. The smallest absolute Gasteiger partial charge is 0.338 e. The van der Waals surface area contributed by atoms with E-state index in [9.17, 15) is 14.0 Å². The fourth-order valence-electron chi connectivity index (χ4n) is 2.70. The summed E-state index contributed by atoms with van der Waals surface area (Å²) in [6, 6.07) is 16.2. The number of hydrogen-bond acceptors (Lipinski definition) is 6. The average Bonchev–Trinajstić information content (AvgIpc) is 3.02. The molecule has 0 saturated carbocycles. The van der Waals surface area contributed by atoms with E-state index in [1.165, 1.54) is 12.1 Å². The fourth-order valence-corrected chi connectivity index (χ4v) is 2.70. The van der Waals surface area contributed by atoms with Crippen molar-refractivity contribution in [2.75, 3.05) is 6.61 Å². The normalized spacial score (nSPS) is 23.5. The van der Waals surface area contributed by atoms with Gasteiger partial charge in [-0.1, -0.05) is 41.5 Å². The first-order valence-corrected chi connectivity index (χ1v) is 8.42. The van der Waals surface area contributed by atoms with E-state index in [4.69, 9.17) is 19.7 Å². The van der Waals surface area contributed by atoms with Gasteiger partial charge in [-0.15, -0.1) is 0 Å². The summed E-state index contributed by atoms with van der Waals surface area (Å²) >= 11 is 0. The molecule has 9 heteroatoms. The van der Waals surface area contributed by atoms with Crippen LogP contribution in [0.1, 0.15) is 20.7 Å². The van der Waals surface area contributed by atoms with Crippen molar-refractivity contribution in [1.29, 1.82) is 0 Å². The van der Waals surface area contributed by atoms with Crippen molar-refractivity contribution in [2.45, 2.75) is 24.6 Å². The number of carbonyl (C=O) groups excluding carboxylic acids is 2. The van der Waals surface area contributed by atoms with Gasteiger partial charge in [-0.2, -0.15) is 0 Å². The van der Waals surface area contributed by atoms with Crippen LogP contribution in [0.5, 0.6) is 0 Å². The molecule has 1 aliphatic rings. The monoisotopic (exact) mass is 385 g/mol. The Morgan fingerprint density at radius 1 is 1.04 bits per heavy atom. The highest BCUT2D eigenvalue weighted by Crippen LogP contribution is 2.29. The average molecular weight is 385 g/mol. The van der Waals surface area contributed by atoms with Crippen LogP contribution < -0.4 is 0 Å². The van der Waals surface area contributed by atoms with Gasteiger partial charge in [-0.05, 0) is 29.8 Å². The van der Waals surface area contributed by atoms with Gasteiger partial charge in [0.1, 0.15) is 12.7 Å². The summed E-state index contributed by atoms with van der Waals surface area (Å²) in [4.78, 5) is 26.9. The van der Waals surface area contributed by atoms with Gasteiger partial charge in [0, 0.05) is 4.91 Å². The number of hydrogen-bond donors (Lipinski definition) is 0. The molecule has 8 nitrogen and oxygen atoms in total. The van der Waals surface area contributed by atoms with Crippen LogP contribution in [0.15, 0.2) is 65.8 Å². The van der Waals surface area contributed by atoms with Crippen molar-refractivity contribution < 1.29 is 28.2 Å². The summed E-state index contributed by atoms with van der Waals surface area (Å²) < 4.78 is 30.3. The number of nitrogens with zero attached hydrogens (tertiary/aromatic N) is 3. The van der Waals surface area contributed by atoms with E-state index >= 15 is 0 Å². The molecule has 0 aromatic heterocycles. The third-order valence-corrected chi connectivity index (χ3v) is 4.07. The van der Waals surface area contributed by atoms with E-state index in [2.05, 4.69) is 10.0 Å². The lowest BCUT2D eigenvalue weighted by molar-refractivity contribution is -0.0416.